The molecule has 1 heterocycles. The number of ether oxygens (including phenoxy) is 1. The van der Waals surface area contributed by atoms with Crippen LogP contribution in [0.3, 0.4) is 0 Å². The van der Waals surface area contributed by atoms with Gasteiger partial charge in [0.25, 0.3) is 0 Å². The lowest BCUT2D eigenvalue weighted by Gasteiger charge is -2.27. The minimum atomic E-state index is -1.77. The summed E-state index contributed by atoms with van der Waals surface area (Å²) in [6.45, 7) is 4.25. The van der Waals surface area contributed by atoms with E-state index >= 15 is 0 Å². The van der Waals surface area contributed by atoms with E-state index in [-0.39, 0.29) is 0 Å². The van der Waals surface area contributed by atoms with Gasteiger partial charge in [-0.05, 0) is 42.5 Å². The quantitative estimate of drug-likeness (QED) is 0.607. The second kappa shape index (κ2) is 9.87. The third-order valence-electron chi connectivity index (χ3n) is 5.82. The zero-order chi connectivity index (χ0) is 21.6. The third kappa shape index (κ3) is 4.89. The number of aliphatic hydroxyl groups is 1. The molecule has 1 saturated heterocycles. The molecule has 0 spiro atoms. The van der Waals surface area contributed by atoms with Crippen molar-refractivity contribution >= 4 is 11.9 Å². The minimum Gasteiger partial charge on any atom is -0.481 e. The van der Waals surface area contributed by atoms with Crippen LogP contribution in [0.2, 0.25) is 0 Å². The van der Waals surface area contributed by atoms with E-state index in [4.69, 9.17) is 9.84 Å². The zero-order valence-corrected chi connectivity index (χ0v) is 17.2. The number of rotatable bonds is 7. The van der Waals surface area contributed by atoms with E-state index in [9.17, 15) is 14.7 Å². The summed E-state index contributed by atoms with van der Waals surface area (Å²) >= 11 is 0. The van der Waals surface area contributed by atoms with Gasteiger partial charge in [0, 0.05) is 12.3 Å². The van der Waals surface area contributed by atoms with Gasteiger partial charge in [0.1, 0.15) is 0 Å². The van der Waals surface area contributed by atoms with Crippen molar-refractivity contribution in [3.8, 4) is 0 Å². The molecule has 0 aromatic heterocycles. The molecule has 2 aromatic rings. The van der Waals surface area contributed by atoms with Crippen molar-refractivity contribution in [2.24, 2.45) is 17.8 Å². The minimum absolute atomic E-state index is 0.292. The first kappa shape index (κ1) is 22.0. The highest BCUT2D eigenvalue weighted by Gasteiger charge is 2.54. The van der Waals surface area contributed by atoms with E-state index in [1.54, 1.807) is 24.3 Å². The normalized spacial score (nSPS) is 21.7. The number of carbonyl (C=O) groups excluding carboxylic acids is 1. The number of fused-ring (bicyclic) bond motifs is 1. The maximum absolute atomic E-state index is 12.8. The Morgan fingerprint density at radius 3 is 1.90 bits per heavy atom. The molecule has 6 nitrogen and oxygen atoms in total. The fourth-order valence-electron chi connectivity index (χ4n) is 4.05. The smallest absolute Gasteiger partial charge is 0.347 e. The van der Waals surface area contributed by atoms with Crippen molar-refractivity contribution in [2.75, 3.05) is 19.7 Å². The second-order valence-electron chi connectivity index (χ2n) is 7.83. The van der Waals surface area contributed by atoms with Crippen LogP contribution in [0.1, 0.15) is 30.9 Å². The summed E-state index contributed by atoms with van der Waals surface area (Å²) in [7, 11) is 0. The molecule has 2 aromatic carbocycles. The van der Waals surface area contributed by atoms with Crippen molar-refractivity contribution < 1.29 is 24.5 Å². The summed E-state index contributed by atoms with van der Waals surface area (Å²) in [4.78, 5) is 22.4. The highest BCUT2D eigenvalue weighted by atomic mass is 16.5. The highest BCUT2D eigenvalue weighted by Crippen LogP contribution is 2.48. The molecular formula is C24H29NO5. The summed E-state index contributed by atoms with van der Waals surface area (Å²) < 4.78 is 5.56. The molecule has 2 fully saturated rings. The van der Waals surface area contributed by atoms with Gasteiger partial charge in [-0.3, -0.25) is 4.79 Å². The maximum atomic E-state index is 12.8. The van der Waals surface area contributed by atoms with Gasteiger partial charge in [-0.2, -0.15) is 0 Å². The third-order valence-corrected chi connectivity index (χ3v) is 5.82. The number of esters is 1. The lowest BCUT2D eigenvalue weighted by molar-refractivity contribution is -0.163. The predicted octanol–water partition coefficient (Wildman–Crippen LogP) is 2.80. The van der Waals surface area contributed by atoms with Crippen molar-refractivity contribution in [1.29, 1.82) is 0 Å². The van der Waals surface area contributed by atoms with Gasteiger partial charge in [0.15, 0.2) is 0 Å². The highest BCUT2D eigenvalue weighted by molar-refractivity contribution is 5.85. The molecule has 1 aliphatic heterocycles. The number of aliphatic carboxylic acids is 1. The number of hydrogen-bond donors (Lipinski definition) is 3. The van der Waals surface area contributed by atoms with Gasteiger partial charge in [0.2, 0.25) is 5.60 Å². The Bertz CT molecular complexity index is 790. The molecular weight excluding hydrogens is 382 g/mol. The number of nitrogens with one attached hydrogen (secondary N) is 1. The SMILES string of the molecule is CCCC(=O)O.O=C(OCC1[C@H]2CNC[C@@H]12)C(O)(c1ccccc1)c1ccccc1. The first-order chi connectivity index (χ1) is 14.5. The topological polar surface area (TPSA) is 95.9 Å². The standard InChI is InChI=1S/C20H21NO3.C4H8O2/c22-19(24-13-18-16-11-21-12-17(16)18)20(23,14-7-3-1-4-8-14)15-9-5-2-6-10-15;1-2-3-4(5)6/h1-10,16-18,21,23H,11-13H2;2-3H2,1H3,(H,5,6)/t16-,17+,18?;. The van der Waals surface area contributed by atoms with E-state index in [1.165, 1.54) is 0 Å². The first-order valence-electron chi connectivity index (χ1n) is 10.4. The van der Waals surface area contributed by atoms with E-state index in [0.717, 1.165) is 19.5 Å². The summed E-state index contributed by atoms with van der Waals surface area (Å²) in [5, 5.41) is 22.5. The Hall–Kier alpha value is -2.70. The fourth-order valence-corrected chi connectivity index (χ4v) is 4.05. The van der Waals surface area contributed by atoms with Crippen molar-refractivity contribution in [2.45, 2.75) is 25.4 Å². The summed E-state index contributed by atoms with van der Waals surface area (Å²) in [5.41, 5.74) is -0.720. The second-order valence-corrected chi connectivity index (χ2v) is 7.83. The number of hydrogen-bond acceptors (Lipinski definition) is 5. The van der Waals surface area contributed by atoms with Crippen LogP contribution < -0.4 is 5.32 Å². The molecule has 4 rings (SSSR count). The van der Waals surface area contributed by atoms with Crippen LogP contribution in [0.25, 0.3) is 0 Å². The summed E-state index contributed by atoms with van der Waals surface area (Å²) in [5.74, 6) is 0.375. The van der Waals surface area contributed by atoms with Crippen LogP contribution in [0, 0.1) is 17.8 Å². The largest absolute Gasteiger partial charge is 0.481 e. The Balaban J connectivity index is 0.000000377. The average molecular weight is 411 g/mol. The van der Waals surface area contributed by atoms with Gasteiger partial charge in [-0.1, -0.05) is 67.6 Å². The van der Waals surface area contributed by atoms with E-state index in [1.807, 2.05) is 43.3 Å². The van der Waals surface area contributed by atoms with Crippen molar-refractivity contribution in [3.63, 3.8) is 0 Å². The molecule has 3 atom stereocenters. The number of carboxylic acid groups (broad SMARTS) is 1. The van der Waals surface area contributed by atoms with Crippen LogP contribution in [-0.2, 0) is 19.9 Å². The van der Waals surface area contributed by atoms with Crippen LogP contribution in [-0.4, -0.2) is 41.8 Å². The molecule has 1 saturated carbocycles. The van der Waals surface area contributed by atoms with Crippen LogP contribution in [0.4, 0.5) is 0 Å². The molecule has 3 N–H and O–H groups in total. The van der Waals surface area contributed by atoms with Crippen LogP contribution in [0.15, 0.2) is 60.7 Å². The molecule has 2 aliphatic rings. The number of benzene rings is 2. The molecule has 0 amide bonds. The van der Waals surface area contributed by atoms with Gasteiger partial charge in [0.05, 0.1) is 6.61 Å². The van der Waals surface area contributed by atoms with Gasteiger partial charge >= 0.3 is 11.9 Å². The Kier molecular flexibility index (Phi) is 7.24. The predicted molar refractivity (Wildman–Crippen MR) is 113 cm³/mol. The zero-order valence-electron chi connectivity index (χ0n) is 17.2. The number of carbonyl (C=O) groups is 2. The van der Waals surface area contributed by atoms with E-state index < -0.39 is 17.5 Å². The first-order valence-corrected chi connectivity index (χ1v) is 10.4. The van der Waals surface area contributed by atoms with Crippen molar-refractivity contribution in [1.82, 2.24) is 5.32 Å². The van der Waals surface area contributed by atoms with E-state index in [0.29, 0.717) is 41.9 Å². The Morgan fingerprint density at radius 1 is 1.00 bits per heavy atom. The van der Waals surface area contributed by atoms with Gasteiger partial charge in [-0.15, -0.1) is 0 Å². The Labute approximate surface area is 176 Å². The summed E-state index contributed by atoms with van der Waals surface area (Å²) in [6.07, 6.45) is 1.02. The van der Waals surface area contributed by atoms with Crippen LogP contribution in [0.5, 0.6) is 0 Å². The molecule has 1 aliphatic carbocycles. The van der Waals surface area contributed by atoms with Crippen LogP contribution >= 0.6 is 0 Å². The molecule has 6 heteroatoms. The average Bonchev–Trinajstić information content (AvgIpc) is 3.19. The van der Waals surface area contributed by atoms with E-state index in [2.05, 4.69) is 5.32 Å². The summed E-state index contributed by atoms with van der Waals surface area (Å²) in [6, 6.07) is 18.0. The fraction of sp³-hybridized carbons (Fsp3) is 0.417. The molecule has 160 valence electrons. The van der Waals surface area contributed by atoms with Gasteiger partial charge < -0.3 is 20.3 Å². The monoisotopic (exact) mass is 411 g/mol. The lowest BCUT2D eigenvalue weighted by atomic mass is 9.86. The number of piperidine rings is 1. The molecule has 0 radical (unpaired) electrons. The maximum Gasteiger partial charge on any atom is 0.347 e. The lowest BCUT2D eigenvalue weighted by Crippen LogP contribution is -2.39. The number of carboxylic acids is 1. The molecule has 0 bridgehead atoms. The molecule has 1 unspecified atom stereocenters. The van der Waals surface area contributed by atoms with Gasteiger partial charge in [-0.25, -0.2) is 4.79 Å². The molecule has 30 heavy (non-hydrogen) atoms. The van der Waals surface area contributed by atoms with Crippen molar-refractivity contribution in [3.05, 3.63) is 71.8 Å². The Morgan fingerprint density at radius 2 is 1.50 bits per heavy atom.